The molecule has 1 amide bonds. The topological polar surface area (TPSA) is 49.8 Å². The van der Waals surface area contributed by atoms with E-state index in [-0.39, 0.29) is 12.5 Å². The Balaban J connectivity index is 2.55. The fraction of sp³-hybridized carbons (Fsp3) is 0.562. The van der Waals surface area contributed by atoms with E-state index in [4.69, 9.17) is 9.84 Å². The van der Waals surface area contributed by atoms with Gasteiger partial charge in [-0.3, -0.25) is 4.79 Å². The van der Waals surface area contributed by atoms with Crippen LogP contribution in [0.1, 0.15) is 32.3 Å². The summed E-state index contributed by atoms with van der Waals surface area (Å²) in [5, 5.41) is 8.84. The number of aliphatic hydroxyl groups excluding tert-OH is 1. The summed E-state index contributed by atoms with van der Waals surface area (Å²) in [6.07, 6.45) is 1.79. The third kappa shape index (κ3) is 5.21. The number of carbonyl (C=O) groups excluding carboxylic acids is 1. The molecule has 0 radical (unpaired) electrons. The third-order valence-corrected chi connectivity index (χ3v) is 3.20. The fourth-order valence-corrected chi connectivity index (χ4v) is 2.13. The molecule has 0 aliphatic carbocycles. The molecule has 0 bridgehead atoms. The van der Waals surface area contributed by atoms with Crippen molar-refractivity contribution < 1.29 is 14.6 Å². The minimum atomic E-state index is 0.122. The zero-order chi connectivity index (χ0) is 14.8. The van der Waals surface area contributed by atoms with E-state index in [1.165, 1.54) is 0 Å². The standard InChI is InChI=1S/C16H25NO3/c1-3-17(12-7-13-18)16(19)11-10-14-8-5-6-9-15(14)20-4-2/h5-6,8-9,18H,3-4,7,10-13H2,1-2H3. The number of ether oxygens (including phenoxy) is 1. The number of carbonyl (C=O) groups is 1. The average molecular weight is 279 g/mol. The van der Waals surface area contributed by atoms with Crippen molar-refractivity contribution in [3.8, 4) is 5.75 Å². The summed E-state index contributed by atoms with van der Waals surface area (Å²) in [6, 6.07) is 7.84. The maximum absolute atomic E-state index is 12.1. The van der Waals surface area contributed by atoms with Crippen LogP contribution in [0, 0.1) is 0 Å². The Hall–Kier alpha value is -1.55. The zero-order valence-electron chi connectivity index (χ0n) is 12.5. The van der Waals surface area contributed by atoms with Crippen LogP contribution in [-0.4, -0.2) is 42.2 Å². The number of hydrogen-bond acceptors (Lipinski definition) is 3. The maximum atomic E-state index is 12.1. The highest BCUT2D eigenvalue weighted by Gasteiger charge is 2.12. The molecule has 1 aromatic carbocycles. The van der Waals surface area contributed by atoms with E-state index in [9.17, 15) is 4.79 Å². The van der Waals surface area contributed by atoms with Crippen LogP contribution in [0.2, 0.25) is 0 Å². The third-order valence-electron chi connectivity index (χ3n) is 3.20. The summed E-state index contributed by atoms with van der Waals surface area (Å²) in [5.41, 5.74) is 1.07. The lowest BCUT2D eigenvalue weighted by molar-refractivity contribution is -0.131. The van der Waals surface area contributed by atoms with E-state index in [0.717, 1.165) is 11.3 Å². The second-order valence-corrected chi connectivity index (χ2v) is 4.59. The quantitative estimate of drug-likeness (QED) is 0.754. The van der Waals surface area contributed by atoms with Crippen LogP contribution in [-0.2, 0) is 11.2 Å². The van der Waals surface area contributed by atoms with Crippen molar-refractivity contribution in [3.63, 3.8) is 0 Å². The Morgan fingerprint density at radius 1 is 1.30 bits per heavy atom. The van der Waals surface area contributed by atoms with E-state index in [1.54, 1.807) is 4.90 Å². The van der Waals surface area contributed by atoms with Gasteiger partial charge in [0.2, 0.25) is 5.91 Å². The highest BCUT2D eigenvalue weighted by Crippen LogP contribution is 2.19. The number of aliphatic hydroxyl groups is 1. The van der Waals surface area contributed by atoms with Crippen LogP contribution in [0.4, 0.5) is 0 Å². The molecule has 0 atom stereocenters. The molecule has 0 aliphatic heterocycles. The SMILES string of the molecule is CCOc1ccccc1CCC(=O)N(CC)CCCO. The summed E-state index contributed by atoms with van der Waals surface area (Å²) < 4.78 is 5.56. The first-order valence-corrected chi connectivity index (χ1v) is 7.32. The normalized spacial score (nSPS) is 10.3. The molecule has 0 spiro atoms. The minimum absolute atomic E-state index is 0.122. The van der Waals surface area contributed by atoms with E-state index in [1.807, 2.05) is 38.1 Å². The second-order valence-electron chi connectivity index (χ2n) is 4.59. The molecule has 4 heteroatoms. The Morgan fingerprint density at radius 3 is 2.70 bits per heavy atom. The molecule has 1 rings (SSSR count). The Morgan fingerprint density at radius 2 is 2.05 bits per heavy atom. The minimum Gasteiger partial charge on any atom is -0.494 e. The molecule has 0 saturated heterocycles. The number of rotatable bonds is 9. The Bertz CT molecular complexity index is 406. The summed E-state index contributed by atoms with van der Waals surface area (Å²) in [7, 11) is 0. The van der Waals surface area contributed by atoms with Crippen LogP contribution in [0.5, 0.6) is 5.75 Å². The summed E-state index contributed by atoms with van der Waals surface area (Å²) in [4.78, 5) is 13.9. The van der Waals surface area contributed by atoms with Gasteiger partial charge in [-0.05, 0) is 38.3 Å². The van der Waals surface area contributed by atoms with Crippen molar-refractivity contribution >= 4 is 5.91 Å². The summed E-state index contributed by atoms with van der Waals surface area (Å²) in [5.74, 6) is 0.994. The fourth-order valence-electron chi connectivity index (χ4n) is 2.13. The molecule has 0 fully saturated rings. The molecular weight excluding hydrogens is 254 g/mol. The van der Waals surface area contributed by atoms with Gasteiger partial charge in [0.05, 0.1) is 6.61 Å². The van der Waals surface area contributed by atoms with Gasteiger partial charge in [-0.25, -0.2) is 0 Å². The van der Waals surface area contributed by atoms with Crippen molar-refractivity contribution in [1.82, 2.24) is 4.90 Å². The average Bonchev–Trinajstić information content (AvgIpc) is 2.47. The van der Waals surface area contributed by atoms with Gasteiger partial charge >= 0.3 is 0 Å². The van der Waals surface area contributed by atoms with Crippen LogP contribution in [0.15, 0.2) is 24.3 Å². The second kappa shape index (κ2) is 9.37. The van der Waals surface area contributed by atoms with Crippen molar-refractivity contribution in [1.29, 1.82) is 0 Å². The lowest BCUT2D eigenvalue weighted by atomic mass is 10.1. The van der Waals surface area contributed by atoms with Gasteiger partial charge in [0.25, 0.3) is 0 Å². The first-order chi connectivity index (χ1) is 9.72. The summed E-state index contributed by atoms with van der Waals surface area (Å²) in [6.45, 7) is 5.98. The van der Waals surface area contributed by atoms with Crippen molar-refractivity contribution in [2.75, 3.05) is 26.3 Å². The Kier molecular flexibility index (Phi) is 7.73. The molecule has 20 heavy (non-hydrogen) atoms. The van der Waals surface area contributed by atoms with Crippen molar-refractivity contribution in [3.05, 3.63) is 29.8 Å². The molecule has 0 unspecified atom stereocenters. The van der Waals surface area contributed by atoms with E-state index < -0.39 is 0 Å². The molecule has 1 N–H and O–H groups in total. The molecule has 0 aromatic heterocycles. The smallest absolute Gasteiger partial charge is 0.222 e. The number of aryl methyl sites for hydroxylation is 1. The van der Waals surface area contributed by atoms with E-state index in [0.29, 0.717) is 39.0 Å². The zero-order valence-corrected chi connectivity index (χ0v) is 12.5. The first-order valence-electron chi connectivity index (χ1n) is 7.32. The van der Waals surface area contributed by atoms with Gasteiger partial charge in [0.1, 0.15) is 5.75 Å². The molecule has 0 aliphatic rings. The van der Waals surface area contributed by atoms with Crippen LogP contribution >= 0.6 is 0 Å². The van der Waals surface area contributed by atoms with Gasteiger partial charge in [-0.2, -0.15) is 0 Å². The lowest BCUT2D eigenvalue weighted by Gasteiger charge is -2.20. The van der Waals surface area contributed by atoms with Crippen LogP contribution in [0.25, 0.3) is 0 Å². The van der Waals surface area contributed by atoms with Gasteiger partial charge in [0, 0.05) is 26.1 Å². The van der Waals surface area contributed by atoms with Gasteiger partial charge in [-0.15, -0.1) is 0 Å². The molecule has 112 valence electrons. The number of hydrogen-bond donors (Lipinski definition) is 1. The van der Waals surface area contributed by atoms with Crippen molar-refractivity contribution in [2.45, 2.75) is 33.1 Å². The Labute approximate surface area is 121 Å². The lowest BCUT2D eigenvalue weighted by Crippen LogP contribution is -2.32. The molecule has 4 nitrogen and oxygen atoms in total. The largest absolute Gasteiger partial charge is 0.494 e. The van der Waals surface area contributed by atoms with Crippen LogP contribution < -0.4 is 4.74 Å². The highest BCUT2D eigenvalue weighted by atomic mass is 16.5. The summed E-state index contributed by atoms with van der Waals surface area (Å²) >= 11 is 0. The number of para-hydroxylation sites is 1. The van der Waals surface area contributed by atoms with Gasteiger partial charge < -0.3 is 14.7 Å². The number of nitrogens with zero attached hydrogens (tertiary/aromatic N) is 1. The van der Waals surface area contributed by atoms with Gasteiger partial charge in [0.15, 0.2) is 0 Å². The molecule has 0 saturated carbocycles. The highest BCUT2D eigenvalue weighted by molar-refractivity contribution is 5.76. The van der Waals surface area contributed by atoms with Crippen LogP contribution in [0.3, 0.4) is 0 Å². The van der Waals surface area contributed by atoms with Gasteiger partial charge in [-0.1, -0.05) is 18.2 Å². The number of benzene rings is 1. The monoisotopic (exact) mass is 279 g/mol. The number of amides is 1. The molecular formula is C16H25NO3. The molecule has 1 aromatic rings. The van der Waals surface area contributed by atoms with Crippen molar-refractivity contribution in [2.24, 2.45) is 0 Å². The predicted molar refractivity (Wildman–Crippen MR) is 79.9 cm³/mol. The van der Waals surface area contributed by atoms with E-state index >= 15 is 0 Å². The predicted octanol–water partition coefficient (Wildman–Crippen LogP) is 2.25. The van der Waals surface area contributed by atoms with E-state index in [2.05, 4.69) is 0 Å². The first kappa shape index (κ1) is 16.5. The molecule has 0 heterocycles. The maximum Gasteiger partial charge on any atom is 0.222 e.